The van der Waals surface area contributed by atoms with E-state index in [2.05, 4.69) is 10.3 Å². The Morgan fingerprint density at radius 1 is 1.10 bits per heavy atom. The number of fused-ring (bicyclic) bond motifs is 5. The van der Waals surface area contributed by atoms with E-state index >= 15 is 0 Å². The van der Waals surface area contributed by atoms with E-state index in [0.717, 1.165) is 27.3 Å². The molecule has 3 aromatic heterocycles. The van der Waals surface area contributed by atoms with Gasteiger partial charge in [-0.2, -0.15) is 0 Å². The Balaban J connectivity index is 1.20. The van der Waals surface area contributed by atoms with Crippen molar-refractivity contribution in [1.82, 2.24) is 9.38 Å². The van der Waals surface area contributed by atoms with Gasteiger partial charge in [0.05, 0.1) is 11.4 Å². The summed E-state index contributed by atoms with van der Waals surface area (Å²) in [5.74, 6) is -0.0971. The number of imidazole rings is 1. The van der Waals surface area contributed by atoms with E-state index in [1.165, 1.54) is 0 Å². The molecule has 0 saturated heterocycles. The van der Waals surface area contributed by atoms with Crippen molar-refractivity contribution >= 4 is 62.2 Å². The number of phenols is 1. The quantitative estimate of drug-likeness (QED) is 0.245. The van der Waals surface area contributed by atoms with Gasteiger partial charge in [-0.3, -0.25) is 9.59 Å². The molecule has 7 rings (SSSR count). The van der Waals surface area contributed by atoms with Crippen molar-refractivity contribution in [2.75, 3.05) is 22.6 Å². The Morgan fingerprint density at radius 2 is 1.95 bits per heavy atom. The number of aromatic hydroxyl groups is 1. The van der Waals surface area contributed by atoms with Crippen molar-refractivity contribution in [3.05, 3.63) is 102 Å². The standard InChI is InChI=1S/C31H23ClN4O4/c1-17-5-4-7-21-24(37)12-23-29(28(17)21)19(13-32)14-36(23)31(39)22-16-35-15-20(9-10-27(35)34-22)33-30(38)26-11-18-6-2-3-8-25(18)40-26/h2-12,15-16,19,37H,13-14H2,1H3,(H,33,38)/t19-/m1/s1. The number of hydrogen-bond donors (Lipinski definition) is 2. The fraction of sp³-hybridized carbons (Fsp3) is 0.129. The summed E-state index contributed by atoms with van der Waals surface area (Å²) in [6, 6.07) is 20.0. The fourth-order valence-electron chi connectivity index (χ4n) is 5.61. The number of anilines is 2. The van der Waals surface area contributed by atoms with Gasteiger partial charge in [-0.15, -0.1) is 11.6 Å². The van der Waals surface area contributed by atoms with Gasteiger partial charge in [-0.05, 0) is 47.7 Å². The van der Waals surface area contributed by atoms with E-state index in [0.29, 0.717) is 35.0 Å². The van der Waals surface area contributed by atoms with Crippen LogP contribution in [0.15, 0.2) is 83.5 Å². The Hall–Kier alpha value is -4.82. The van der Waals surface area contributed by atoms with Gasteiger partial charge >= 0.3 is 0 Å². The maximum atomic E-state index is 13.7. The molecule has 0 aliphatic carbocycles. The Labute approximate surface area is 233 Å². The monoisotopic (exact) mass is 550 g/mol. The van der Waals surface area contributed by atoms with Crippen molar-refractivity contribution in [3.8, 4) is 5.75 Å². The summed E-state index contributed by atoms with van der Waals surface area (Å²) in [6.07, 6.45) is 3.33. The largest absolute Gasteiger partial charge is 0.507 e. The third kappa shape index (κ3) is 3.79. The molecule has 0 radical (unpaired) electrons. The summed E-state index contributed by atoms with van der Waals surface area (Å²) >= 11 is 6.37. The molecule has 0 fully saturated rings. The number of para-hydroxylation sites is 1. The summed E-state index contributed by atoms with van der Waals surface area (Å²) in [4.78, 5) is 32.7. The summed E-state index contributed by atoms with van der Waals surface area (Å²) in [7, 11) is 0. The van der Waals surface area contributed by atoms with Crippen LogP contribution in [0.2, 0.25) is 0 Å². The Bertz CT molecular complexity index is 1960. The first kappa shape index (κ1) is 24.2. The lowest BCUT2D eigenvalue weighted by atomic mass is 9.92. The molecule has 1 atom stereocenters. The number of furan rings is 1. The van der Waals surface area contributed by atoms with E-state index < -0.39 is 0 Å². The van der Waals surface area contributed by atoms with Crippen molar-refractivity contribution in [3.63, 3.8) is 0 Å². The molecule has 40 heavy (non-hydrogen) atoms. The molecule has 2 amide bonds. The second kappa shape index (κ2) is 9.14. The minimum atomic E-state index is -0.380. The highest BCUT2D eigenvalue weighted by Gasteiger charge is 2.36. The highest BCUT2D eigenvalue weighted by atomic mass is 35.5. The van der Waals surface area contributed by atoms with Gasteiger partial charge in [0.25, 0.3) is 11.8 Å². The summed E-state index contributed by atoms with van der Waals surface area (Å²) in [5, 5.41) is 16.2. The molecular weight excluding hydrogens is 528 g/mol. The van der Waals surface area contributed by atoms with Crippen LogP contribution in [0.25, 0.3) is 27.4 Å². The molecule has 1 aliphatic rings. The highest BCUT2D eigenvalue weighted by Crippen LogP contribution is 2.46. The van der Waals surface area contributed by atoms with E-state index in [4.69, 9.17) is 16.0 Å². The number of nitrogens with zero attached hydrogens (tertiary/aromatic N) is 3. The van der Waals surface area contributed by atoms with Crippen LogP contribution in [0.1, 0.15) is 38.1 Å². The third-order valence-electron chi connectivity index (χ3n) is 7.48. The first-order valence-corrected chi connectivity index (χ1v) is 13.4. The minimum Gasteiger partial charge on any atom is -0.507 e. The predicted molar refractivity (Wildman–Crippen MR) is 155 cm³/mol. The van der Waals surface area contributed by atoms with Crippen molar-refractivity contribution < 1.29 is 19.1 Å². The van der Waals surface area contributed by atoms with Crippen LogP contribution in [-0.2, 0) is 0 Å². The number of aromatic nitrogens is 2. The van der Waals surface area contributed by atoms with Crippen LogP contribution < -0.4 is 10.2 Å². The number of carbonyl (C=O) groups excluding carboxylic acids is 2. The first-order chi connectivity index (χ1) is 19.4. The SMILES string of the molecule is Cc1cccc2c(O)cc3c(c12)[C@H](CCl)CN3C(=O)c1cn2cc(NC(=O)c3cc4ccccc4o3)ccc2n1. The highest BCUT2D eigenvalue weighted by molar-refractivity contribution is 6.19. The number of carbonyl (C=O) groups is 2. The van der Waals surface area contributed by atoms with Gasteiger partial charge in [0.15, 0.2) is 5.76 Å². The van der Waals surface area contributed by atoms with E-state index in [1.54, 1.807) is 52.0 Å². The molecule has 8 nitrogen and oxygen atoms in total. The molecule has 9 heteroatoms. The zero-order valence-corrected chi connectivity index (χ0v) is 22.1. The lowest BCUT2D eigenvalue weighted by Gasteiger charge is -2.17. The Morgan fingerprint density at radius 3 is 2.77 bits per heavy atom. The van der Waals surface area contributed by atoms with Crippen LogP contribution in [0, 0.1) is 6.92 Å². The van der Waals surface area contributed by atoms with Crippen LogP contribution in [-0.4, -0.2) is 38.7 Å². The molecule has 0 spiro atoms. The smallest absolute Gasteiger partial charge is 0.291 e. The normalized spacial score (nSPS) is 14.8. The number of nitrogens with one attached hydrogen (secondary N) is 1. The van der Waals surface area contributed by atoms with E-state index in [9.17, 15) is 14.7 Å². The fourth-order valence-corrected chi connectivity index (χ4v) is 5.86. The number of pyridine rings is 1. The molecule has 0 bridgehead atoms. The van der Waals surface area contributed by atoms with Gasteiger partial charge in [0.1, 0.15) is 22.7 Å². The topological polar surface area (TPSA) is 100 Å². The summed E-state index contributed by atoms with van der Waals surface area (Å²) in [6.45, 7) is 2.38. The Kier molecular flexibility index (Phi) is 5.54. The van der Waals surface area contributed by atoms with Crippen molar-refractivity contribution in [2.45, 2.75) is 12.8 Å². The molecule has 2 N–H and O–H groups in total. The first-order valence-electron chi connectivity index (χ1n) is 12.8. The second-order valence-corrected chi connectivity index (χ2v) is 10.3. The molecule has 6 aromatic rings. The zero-order chi connectivity index (χ0) is 27.5. The van der Waals surface area contributed by atoms with E-state index in [1.807, 2.05) is 43.3 Å². The van der Waals surface area contributed by atoms with Gasteiger partial charge in [-0.1, -0.05) is 36.4 Å². The van der Waals surface area contributed by atoms with Crippen molar-refractivity contribution in [1.29, 1.82) is 0 Å². The lowest BCUT2D eigenvalue weighted by Crippen LogP contribution is -2.30. The van der Waals surface area contributed by atoms with Gasteiger partial charge in [-0.25, -0.2) is 4.98 Å². The average molecular weight is 551 g/mol. The molecule has 0 saturated carbocycles. The molecular formula is C31H23ClN4O4. The number of phenolic OH excluding ortho intramolecular Hbond substituents is 1. The number of halogens is 1. The predicted octanol–water partition coefficient (Wildman–Crippen LogP) is 6.48. The third-order valence-corrected chi connectivity index (χ3v) is 7.85. The number of alkyl halides is 1. The second-order valence-electron chi connectivity index (χ2n) is 10.0. The molecule has 4 heterocycles. The van der Waals surface area contributed by atoms with Crippen molar-refractivity contribution in [2.24, 2.45) is 0 Å². The van der Waals surface area contributed by atoms with Crippen LogP contribution in [0.4, 0.5) is 11.4 Å². The van der Waals surface area contributed by atoms with Crippen LogP contribution >= 0.6 is 11.6 Å². The maximum Gasteiger partial charge on any atom is 0.291 e. The van der Waals surface area contributed by atoms with Gasteiger partial charge < -0.3 is 24.1 Å². The minimum absolute atomic E-state index is 0.0816. The van der Waals surface area contributed by atoms with Crippen LogP contribution in [0.5, 0.6) is 5.75 Å². The maximum absolute atomic E-state index is 13.7. The number of hydrogen-bond acceptors (Lipinski definition) is 5. The number of benzene rings is 3. The molecule has 0 unspecified atom stereocenters. The lowest BCUT2D eigenvalue weighted by molar-refractivity contribution is 0.0981. The molecule has 3 aromatic carbocycles. The van der Waals surface area contributed by atoms with Gasteiger partial charge in [0, 0.05) is 47.6 Å². The zero-order valence-electron chi connectivity index (χ0n) is 21.4. The number of aryl methyl sites for hydroxylation is 1. The number of rotatable bonds is 4. The number of amides is 2. The summed E-state index contributed by atoms with van der Waals surface area (Å²) in [5.41, 5.74) is 4.58. The summed E-state index contributed by atoms with van der Waals surface area (Å²) < 4.78 is 7.36. The van der Waals surface area contributed by atoms with E-state index in [-0.39, 0.29) is 34.9 Å². The van der Waals surface area contributed by atoms with Crippen LogP contribution in [0.3, 0.4) is 0 Å². The molecule has 198 valence electrons. The average Bonchev–Trinajstić information content (AvgIpc) is 3.67. The molecule has 1 aliphatic heterocycles. The van der Waals surface area contributed by atoms with Gasteiger partial charge in [0.2, 0.25) is 0 Å².